The number of amides is 1. The molecule has 1 heterocycles. The highest BCUT2D eigenvalue weighted by molar-refractivity contribution is 5.76. The molecule has 0 aliphatic carbocycles. The first-order valence-corrected chi connectivity index (χ1v) is 6.27. The fraction of sp³-hybridized carbons (Fsp3) is 0.917. The lowest BCUT2D eigenvalue weighted by Crippen LogP contribution is -2.49. The van der Waals surface area contributed by atoms with Crippen LogP contribution in [-0.4, -0.2) is 42.5 Å². The second-order valence-electron chi connectivity index (χ2n) is 5.29. The molecule has 4 nitrogen and oxygen atoms in total. The van der Waals surface area contributed by atoms with E-state index >= 15 is 0 Å². The minimum Gasteiger partial charge on any atom is -0.350 e. The van der Waals surface area contributed by atoms with Gasteiger partial charge >= 0.3 is 0 Å². The number of rotatable bonds is 5. The van der Waals surface area contributed by atoms with Gasteiger partial charge in [0, 0.05) is 25.0 Å². The van der Waals surface area contributed by atoms with Crippen LogP contribution in [0.15, 0.2) is 0 Å². The predicted molar refractivity (Wildman–Crippen MR) is 66.2 cm³/mol. The van der Waals surface area contributed by atoms with Gasteiger partial charge in [-0.3, -0.25) is 4.79 Å². The largest absolute Gasteiger partial charge is 0.350 e. The fourth-order valence-electron chi connectivity index (χ4n) is 1.93. The monoisotopic (exact) mass is 227 g/mol. The molecule has 0 radical (unpaired) electrons. The van der Waals surface area contributed by atoms with Crippen LogP contribution < -0.4 is 11.1 Å². The normalized spacial score (nSPS) is 18.4. The number of piperidine rings is 1. The summed E-state index contributed by atoms with van der Waals surface area (Å²) in [6, 6.07) is 0. The molecule has 0 atom stereocenters. The third-order valence-electron chi connectivity index (χ3n) is 3.09. The van der Waals surface area contributed by atoms with Gasteiger partial charge < -0.3 is 16.0 Å². The van der Waals surface area contributed by atoms with Gasteiger partial charge in [0.25, 0.3) is 0 Å². The number of carbonyl (C=O) groups is 1. The fourth-order valence-corrected chi connectivity index (χ4v) is 1.93. The predicted octanol–water partition coefficient (Wildman–Crippen LogP) is 0.716. The van der Waals surface area contributed by atoms with Gasteiger partial charge in [-0.1, -0.05) is 6.42 Å². The van der Waals surface area contributed by atoms with Crippen LogP contribution in [0.3, 0.4) is 0 Å². The molecule has 0 bridgehead atoms. The summed E-state index contributed by atoms with van der Waals surface area (Å²) in [5.41, 5.74) is 5.29. The van der Waals surface area contributed by atoms with Gasteiger partial charge in [-0.25, -0.2) is 0 Å². The lowest BCUT2D eigenvalue weighted by molar-refractivity contribution is -0.122. The zero-order valence-electron chi connectivity index (χ0n) is 10.6. The Morgan fingerprint density at radius 2 is 1.94 bits per heavy atom. The summed E-state index contributed by atoms with van der Waals surface area (Å²) in [6.07, 6.45) is 4.47. The van der Waals surface area contributed by atoms with E-state index in [9.17, 15) is 4.79 Å². The molecule has 1 saturated heterocycles. The Labute approximate surface area is 98.6 Å². The Hall–Kier alpha value is -0.610. The van der Waals surface area contributed by atoms with Crippen molar-refractivity contribution in [3.8, 4) is 0 Å². The third-order valence-corrected chi connectivity index (χ3v) is 3.09. The van der Waals surface area contributed by atoms with E-state index in [1.54, 1.807) is 0 Å². The van der Waals surface area contributed by atoms with Crippen LogP contribution in [0.5, 0.6) is 0 Å². The summed E-state index contributed by atoms with van der Waals surface area (Å²) < 4.78 is 0. The molecule has 4 heteroatoms. The van der Waals surface area contributed by atoms with Gasteiger partial charge in [0.05, 0.1) is 0 Å². The van der Waals surface area contributed by atoms with E-state index in [4.69, 9.17) is 5.73 Å². The molecule has 0 unspecified atom stereocenters. The second kappa shape index (κ2) is 6.21. The molecular weight excluding hydrogens is 202 g/mol. The smallest absolute Gasteiger partial charge is 0.221 e. The highest BCUT2D eigenvalue weighted by Crippen LogP contribution is 2.09. The summed E-state index contributed by atoms with van der Waals surface area (Å²) in [5.74, 6) is 0.112. The molecular formula is C12H25N3O. The molecule has 3 N–H and O–H groups in total. The van der Waals surface area contributed by atoms with Crippen LogP contribution in [0.4, 0.5) is 0 Å². The maximum Gasteiger partial charge on any atom is 0.221 e. The zero-order valence-corrected chi connectivity index (χ0v) is 10.6. The molecule has 1 amide bonds. The van der Waals surface area contributed by atoms with E-state index in [1.807, 2.05) is 13.8 Å². The summed E-state index contributed by atoms with van der Waals surface area (Å²) in [6.45, 7) is 7.55. The van der Waals surface area contributed by atoms with Crippen LogP contribution in [0.1, 0.15) is 39.5 Å². The number of carbonyl (C=O) groups excluding carboxylic acids is 1. The van der Waals surface area contributed by atoms with Crippen LogP contribution >= 0.6 is 0 Å². The number of nitrogens with one attached hydrogen (secondary N) is 1. The molecule has 0 aromatic heterocycles. The molecule has 1 fully saturated rings. The molecule has 1 rings (SSSR count). The van der Waals surface area contributed by atoms with E-state index < -0.39 is 0 Å². The van der Waals surface area contributed by atoms with Gasteiger partial charge in [-0.15, -0.1) is 0 Å². The number of hydrogen-bond donors (Lipinski definition) is 2. The Kier molecular flexibility index (Phi) is 5.22. The molecule has 16 heavy (non-hydrogen) atoms. The molecule has 1 aliphatic heterocycles. The van der Waals surface area contributed by atoms with Crippen molar-refractivity contribution in [1.82, 2.24) is 10.2 Å². The van der Waals surface area contributed by atoms with Crippen LogP contribution in [-0.2, 0) is 4.79 Å². The van der Waals surface area contributed by atoms with Crippen LogP contribution in [0, 0.1) is 0 Å². The van der Waals surface area contributed by atoms with Gasteiger partial charge in [-0.2, -0.15) is 0 Å². The van der Waals surface area contributed by atoms with Gasteiger partial charge in [0.1, 0.15) is 0 Å². The highest BCUT2D eigenvalue weighted by Gasteiger charge is 2.18. The van der Waals surface area contributed by atoms with E-state index in [0.29, 0.717) is 13.0 Å². The molecule has 0 saturated carbocycles. The number of nitrogens with two attached hydrogens (primary N) is 1. The quantitative estimate of drug-likeness (QED) is 0.727. The van der Waals surface area contributed by atoms with Crippen molar-refractivity contribution >= 4 is 5.91 Å². The van der Waals surface area contributed by atoms with E-state index in [1.165, 1.54) is 19.3 Å². The van der Waals surface area contributed by atoms with Crippen molar-refractivity contribution in [2.24, 2.45) is 5.73 Å². The minimum absolute atomic E-state index is 0.112. The lowest BCUT2D eigenvalue weighted by Gasteiger charge is -2.28. The average Bonchev–Trinajstić information content (AvgIpc) is 2.27. The third kappa shape index (κ3) is 4.94. The molecule has 94 valence electrons. The molecule has 0 aromatic carbocycles. The number of likely N-dealkylation sites (tertiary alicyclic amines) is 1. The van der Waals surface area contributed by atoms with Crippen LogP contribution in [0.25, 0.3) is 0 Å². The first-order chi connectivity index (χ1) is 7.53. The van der Waals surface area contributed by atoms with Crippen molar-refractivity contribution in [3.63, 3.8) is 0 Å². The maximum absolute atomic E-state index is 11.7. The van der Waals surface area contributed by atoms with E-state index in [2.05, 4.69) is 10.2 Å². The minimum atomic E-state index is -0.279. The summed E-state index contributed by atoms with van der Waals surface area (Å²) in [5, 5.41) is 2.95. The first-order valence-electron chi connectivity index (χ1n) is 6.27. The average molecular weight is 227 g/mol. The standard InChI is InChI=1S/C12H25N3O/c1-12(2,10-13)14-11(16)6-9-15-7-4-3-5-8-15/h3-10,13H2,1-2H3,(H,14,16). The summed E-state index contributed by atoms with van der Waals surface area (Å²) >= 11 is 0. The number of nitrogens with zero attached hydrogens (tertiary/aromatic N) is 1. The zero-order chi connectivity index (χ0) is 12.0. The highest BCUT2D eigenvalue weighted by atomic mass is 16.1. The topological polar surface area (TPSA) is 58.4 Å². The maximum atomic E-state index is 11.7. The van der Waals surface area contributed by atoms with Crippen molar-refractivity contribution in [3.05, 3.63) is 0 Å². The Bertz CT molecular complexity index is 222. The van der Waals surface area contributed by atoms with Crippen molar-refractivity contribution in [1.29, 1.82) is 0 Å². The SMILES string of the molecule is CC(C)(CN)NC(=O)CCN1CCCCC1. The Morgan fingerprint density at radius 3 is 2.50 bits per heavy atom. The Morgan fingerprint density at radius 1 is 1.31 bits per heavy atom. The second-order valence-corrected chi connectivity index (χ2v) is 5.29. The summed E-state index contributed by atoms with van der Waals surface area (Å²) in [7, 11) is 0. The molecule has 0 spiro atoms. The van der Waals surface area contributed by atoms with Gasteiger partial charge in [0.2, 0.25) is 5.91 Å². The van der Waals surface area contributed by atoms with Gasteiger partial charge in [-0.05, 0) is 39.8 Å². The van der Waals surface area contributed by atoms with E-state index in [-0.39, 0.29) is 11.4 Å². The van der Waals surface area contributed by atoms with Crippen LogP contribution in [0.2, 0.25) is 0 Å². The van der Waals surface area contributed by atoms with Gasteiger partial charge in [0.15, 0.2) is 0 Å². The first kappa shape index (κ1) is 13.5. The van der Waals surface area contributed by atoms with Crippen molar-refractivity contribution in [2.75, 3.05) is 26.2 Å². The number of hydrogen-bond acceptors (Lipinski definition) is 3. The Balaban J connectivity index is 2.19. The van der Waals surface area contributed by atoms with E-state index in [0.717, 1.165) is 19.6 Å². The lowest BCUT2D eigenvalue weighted by atomic mass is 10.1. The molecule has 0 aromatic rings. The van der Waals surface area contributed by atoms with Crippen molar-refractivity contribution < 1.29 is 4.79 Å². The summed E-state index contributed by atoms with van der Waals surface area (Å²) in [4.78, 5) is 14.0. The molecule has 1 aliphatic rings. The van der Waals surface area contributed by atoms with Crippen molar-refractivity contribution in [2.45, 2.75) is 45.1 Å².